The molecule has 1 amide bonds. The molecule has 2 N–H and O–H groups in total. The second-order valence-corrected chi connectivity index (χ2v) is 6.55. The molecule has 4 aromatic rings. The summed E-state index contributed by atoms with van der Waals surface area (Å²) < 4.78 is 28.8. The molecule has 152 valence electrons. The highest BCUT2D eigenvalue weighted by molar-refractivity contribution is 5.90. The lowest BCUT2D eigenvalue weighted by atomic mass is 10.3. The highest BCUT2D eigenvalue weighted by Crippen LogP contribution is 2.16. The number of aryl methyl sites for hydroxylation is 1. The predicted octanol–water partition coefficient (Wildman–Crippen LogP) is 2.86. The van der Waals surface area contributed by atoms with Gasteiger partial charge in [-0.15, -0.1) is 5.10 Å². The Hall–Kier alpha value is -4.08. The van der Waals surface area contributed by atoms with E-state index in [1.54, 1.807) is 13.0 Å². The molecule has 0 saturated heterocycles. The van der Waals surface area contributed by atoms with Crippen molar-refractivity contribution in [1.82, 2.24) is 19.2 Å². The maximum Gasteiger partial charge on any atom is 0.353 e. The summed E-state index contributed by atoms with van der Waals surface area (Å²) in [4.78, 5) is 29.5. The number of carbonyl (C=O) groups is 1. The van der Waals surface area contributed by atoms with E-state index >= 15 is 0 Å². The third-order valence-corrected chi connectivity index (χ3v) is 4.17. The van der Waals surface area contributed by atoms with Crippen molar-refractivity contribution in [3.8, 4) is 0 Å². The lowest BCUT2D eigenvalue weighted by molar-refractivity contribution is -0.117. The Morgan fingerprint density at radius 3 is 2.43 bits per heavy atom. The minimum Gasteiger partial charge on any atom is -0.325 e. The first kappa shape index (κ1) is 19.2. The van der Waals surface area contributed by atoms with Crippen LogP contribution in [-0.4, -0.2) is 25.1 Å². The molecule has 2 aromatic carbocycles. The third kappa shape index (κ3) is 4.02. The molecule has 8 nitrogen and oxygen atoms in total. The van der Waals surface area contributed by atoms with E-state index in [4.69, 9.17) is 0 Å². The molecule has 0 spiro atoms. The number of amides is 1. The number of carbonyl (C=O) groups excluding carboxylic acids is 1. The molecule has 10 heteroatoms. The predicted molar refractivity (Wildman–Crippen MR) is 107 cm³/mol. The third-order valence-electron chi connectivity index (χ3n) is 4.17. The van der Waals surface area contributed by atoms with Gasteiger partial charge in [-0.2, -0.15) is 0 Å². The number of halogens is 2. The topological polar surface area (TPSA) is 93.3 Å². The lowest BCUT2D eigenvalue weighted by Gasteiger charge is -2.07. The van der Waals surface area contributed by atoms with Gasteiger partial charge >= 0.3 is 5.69 Å². The van der Waals surface area contributed by atoms with Crippen molar-refractivity contribution >= 4 is 28.9 Å². The van der Waals surface area contributed by atoms with Gasteiger partial charge in [-0.1, -0.05) is 18.2 Å². The van der Waals surface area contributed by atoms with Crippen LogP contribution in [0.5, 0.6) is 0 Å². The first-order valence-electron chi connectivity index (χ1n) is 8.94. The maximum absolute atomic E-state index is 13.3. The van der Waals surface area contributed by atoms with Gasteiger partial charge in [-0.3, -0.25) is 4.79 Å². The molecular weight excluding hydrogens is 394 g/mol. The Balaban J connectivity index is 1.63. The van der Waals surface area contributed by atoms with Crippen molar-refractivity contribution in [1.29, 1.82) is 0 Å². The summed E-state index contributed by atoms with van der Waals surface area (Å²) in [5, 5.41) is 9.58. The summed E-state index contributed by atoms with van der Waals surface area (Å²) in [6, 6.07) is 13.4. The van der Waals surface area contributed by atoms with Crippen molar-refractivity contribution < 1.29 is 13.6 Å². The second kappa shape index (κ2) is 7.74. The maximum atomic E-state index is 13.3. The average Bonchev–Trinajstić information content (AvgIpc) is 2.96. The van der Waals surface area contributed by atoms with Crippen LogP contribution in [0.1, 0.15) is 5.69 Å². The molecule has 0 aliphatic heterocycles. The van der Waals surface area contributed by atoms with Gasteiger partial charge in [0.25, 0.3) is 0 Å². The number of benzene rings is 2. The zero-order valence-electron chi connectivity index (χ0n) is 15.8. The van der Waals surface area contributed by atoms with Gasteiger partial charge in [0.15, 0.2) is 5.65 Å². The SMILES string of the molecule is Cc1cc2nn(CC(=O)Nc3cc(F)cc(F)c3)c(=O)n2c(Nc2ccccc2)n1. The molecule has 0 saturated carbocycles. The Morgan fingerprint density at radius 1 is 1.03 bits per heavy atom. The summed E-state index contributed by atoms with van der Waals surface area (Å²) in [7, 11) is 0. The Labute approximate surface area is 168 Å². The van der Waals surface area contributed by atoms with Gasteiger partial charge in [0.2, 0.25) is 11.9 Å². The summed E-state index contributed by atoms with van der Waals surface area (Å²) in [5.41, 5.74) is 1.01. The minimum atomic E-state index is -0.826. The van der Waals surface area contributed by atoms with E-state index in [0.29, 0.717) is 17.4 Å². The van der Waals surface area contributed by atoms with E-state index < -0.39 is 29.8 Å². The summed E-state index contributed by atoms with van der Waals surface area (Å²) in [6.07, 6.45) is 0. The van der Waals surface area contributed by atoms with Crippen LogP contribution in [0, 0.1) is 18.6 Å². The van der Waals surface area contributed by atoms with E-state index in [0.717, 1.165) is 22.5 Å². The molecule has 2 aromatic heterocycles. The van der Waals surface area contributed by atoms with E-state index in [1.807, 2.05) is 30.3 Å². The van der Waals surface area contributed by atoms with Crippen LogP contribution in [0.2, 0.25) is 0 Å². The van der Waals surface area contributed by atoms with E-state index in [-0.39, 0.29) is 11.6 Å². The zero-order chi connectivity index (χ0) is 21.3. The van der Waals surface area contributed by atoms with Gasteiger partial charge in [-0.25, -0.2) is 27.6 Å². The average molecular weight is 410 g/mol. The smallest absolute Gasteiger partial charge is 0.325 e. The molecule has 0 atom stereocenters. The number of rotatable bonds is 5. The number of aromatic nitrogens is 4. The molecular formula is C20H16F2N6O2. The molecule has 0 unspecified atom stereocenters. The lowest BCUT2D eigenvalue weighted by Crippen LogP contribution is -2.29. The number of hydrogen-bond donors (Lipinski definition) is 2. The van der Waals surface area contributed by atoms with Crippen LogP contribution < -0.4 is 16.3 Å². The van der Waals surface area contributed by atoms with Gasteiger partial charge in [0, 0.05) is 29.2 Å². The highest BCUT2D eigenvalue weighted by atomic mass is 19.1. The first-order chi connectivity index (χ1) is 14.4. The van der Waals surface area contributed by atoms with Crippen LogP contribution >= 0.6 is 0 Å². The van der Waals surface area contributed by atoms with E-state index in [2.05, 4.69) is 20.7 Å². The molecule has 0 bridgehead atoms. The normalized spacial score (nSPS) is 10.9. The molecule has 0 radical (unpaired) electrons. The fourth-order valence-electron chi connectivity index (χ4n) is 2.95. The fraction of sp³-hybridized carbons (Fsp3) is 0.100. The van der Waals surface area contributed by atoms with Gasteiger partial charge in [0.05, 0.1) is 0 Å². The van der Waals surface area contributed by atoms with Crippen molar-refractivity contribution in [2.24, 2.45) is 0 Å². The van der Waals surface area contributed by atoms with E-state index in [1.165, 1.54) is 4.40 Å². The van der Waals surface area contributed by atoms with Crippen molar-refractivity contribution in [3.05, 3.63) is 82.4 Å². The van der Waals surface area contributed by atoms with Crippen LogP contribution in [0.25, 0.3) is 5.65 Å². The van der Waals surface area contributed by atoms with Crippen LogP contribution in [-0.2, 0) is 11.3 Å². The number of para-hydroxylation sites is 1. The summed E-state index contributed by atoms with van der Waals surface area (Å²) in [5.74, 6) is -2.06. The largest absolute Gasteiger partial charge is 0.353 e. The van der Waals surface area contributed by atoms with Crippen molar-refractivity contribution in [2.45, 2.75) is 13.5 Å². The number of hydrogen-bond acceptors (Lipinski definition) is 5. The van der Waals surface area contributed by atoms with Crippen LogP contribution in [0.4, 0.5) is 26.1 Å². The number of nitrogens with zero attached hydrogens (tertiary/aromatic N) is 4. The zero-order valence-corrected chi connectivity index (χ0v) is 15.8. The molecule has 4 rings (SSSR count). The molecule has 2 heterocycles. The molecule has 0 aliphatic carbocycles. The molecule has 0 aliphatic rings. The second-order valence-electron chi connectivity index (χ2n) is 6.55. The standard InChI is InChI=1S/C20H16F2N6O2/c1-12-7-17-26-27(11-18(29)24-16-9-13(21)8-14(22)10-16)20(30)28(17)19(23-12)25-15-5-3-2-4-6-15/h2-10H,11H2,1H3,(H,23,25)(H,24,29). The monoisotopic (exact) mass is 410 g/mol. The van der Waals surface area contributed by atoms with Gasteiger partial charge in [-0.05, 0) is 31.2 Å². The van der Waals surface area contributed by atoms with Crippen LogP contribution in [0.3, 0.4) is 0 Å². The Morgan fingerprint density at radius 2 is 1.73 bits per heavy atom. The van der Waals surface area contributed by atoms with Crippen molar-refractivity contribution in [2.75, 3.05) is 10.6 Å². The van der Waals surface area contributed by atoms with E-state index in [9.17, 15) is 18.4 Å². The summed E-state index contributed by atoms with van der Waals surface area (Å²) >= 11 is 0. The number of anilines is 3. The number of nitrogens with one attached hydrogen (secondary N) is 2. The Kier molecular flexibility index (Phi) is 4.97. The van der Waals surface area contributed by atoms with Gasteiger partial charge in [0.1, 0.15) is 18.2 Å². The fourth-order valence-corrected chi connectivity index (χ4v) is 2.95. The summed E-state index contributed by atoms with van der Waals surface area (Å²) in [6.45, 7) is 1.31. The van der Waals surface area contributed by atoms with Crippen LogP contribution in [0.15, 0.2) is 59.4 Å². The van der Waals surface area contributed by atoms with Crippen molar-refractivity contribution in [3.63, 3.8) is 0 Å². The minimum absolute atomic E-state index is 0.0572. The molecule has 0 fully saturated rings. The van der Waals surface area contributed by atoms with Gasteiger partial charge < -0.3 is 10.6 Å². The molecule has 30 heavy (non-hydrogen) atoms. The first-order valence-corrected chi connectivity index (χ1v) is 8.94. The quantitative estimate of drug-likeness (QED) is 0.528. The highest BCUT2D eigenvalue weighted by Gasteiger charge is 2.16. The number of fused-ring (bicyclic) bond motifs is 1. The Bertz CT molecular complexity index is 1280.